The molecule has 2 heterocycles. The number of hydrogen-bond donors (Lipinski definition) is 2. The van der Waals surface area contributed by atoms with E-state index in [-0.39, 0.29) is 5.91 Å². The van der Waals surface area contributed by atoms with E-state index in [2.05, 4.69) is 10.6 Å². The Kier molecular flexibility index (Phi) is 6.74. The molecule has 2 N–H and O–H groups in total. The number of aromatic nitrogens is 3. The predicted octanol–water partition coefficient (Wildman–Crippen LogP) is 5.21. The largest absolute Gasteiger partial charge is 0.497 e. The molecule has 38 heavy (non-hydrogen) atoms. The van der Waals surface area contributed by atoms with Crippen LogP contribution in [-0.4, -0.2) is 42.0 Å². The number of ether oxygens (including phenoxy) is 3. The van der Waals surface area contributed by atoms with Gasteiger partial charge in [0.05, 0.1) is 32.6 Å². The van der Waals surface area contributed by atoms with Gasteiger partial charge < -0.3 is 24.8 Å². The molecule has 3 aromatic carbocycles. The van der Waals surface area contributed by atoms with E-state index < -0.39 is 6.04 Å². The summed E-state index contributed by atoms with van der Waals surface area (Å²) in [5.74, 6) is 2.54. The molecule has 0 fully saturated rings. The van der Waals surface area contributed by atoms with Crippen molar-refractivity contribution in [2.24, 2.45) is 0 Å². The van der Waals surface area contributed by atoms with E-state index in [1.54, 1.807) is 44.2 Å². The molecule has 1 aromatic heterocycles. The van der Waals surface area contributed by atoms with E-state index in [1.165, 1.54) is 0 Å². The standard InChI is InChI=1S/C29H29N5O4/c1-17-10-6-7-11-20(17)27-32-29-30-18(2)25(28(35)31-22-12-8-9-13-23(22)37-4)26(34(29)33-27)21-15-14-19(36-3)16-24(21)38-5/h6-16,26H,1-5H3,(H,31,35)(H,30,32,33). The van der Waals surface area contributed by atoms with Crippen molar-refractivity contribution in [1.29, 1.82) is 0 Å². The molecule has 194 valence electrons. The number of allylic oxidation sites excluding steroid dienone is 1. The minimum atomic E-state index is -0.632. The van der Waals surface area contributed by atoms with E-state index in [9.17, 15) is 4.79 Å². The van der Waals surface area contributed by atoms with Gasteiger partial charge in [-0.25, -0.2) is 4.68 Å². The number of nitrogens with zero attached hydrogens (tertiary/aromatic N) is 3. The normalized spacial score (nSPS) is 14.4. The van der Waals surface area contributed by atoms with Crippen LogP contribution in [0.1, 0.15) is 24.1 Å². The lowest BCUT2D eigenvalue weighted by Gasteiger charge is -2.29. The molecule has 1 unspecified atom stereocenters. The molecule has 0 aliphatic carbocycles. The smallest absolute Gasteiger partial charge is 0.255 e. The minimum Gasteiger partial charge on any atom is -0.497 e. The molecule has 0 saturated carbocycles. The Balaban J connectivity index is 1.66. The number of benzene rings is 3. The lowest BCUT2D eigenvalue weighted by molar-refractivity contribution is -0.113. The monoisotopic (exact) mass is 511 g/mol. The number of para-hydroxylation sites is 2. The van der Waals surface area contributed by atoms with Crippen LogP contribution in [-0.2, 0) is 4.79 Å². The Bertz CT molecular complexity index is 1540. The van der Waals surface area contributed by atoms with Crippen LogP contribution in [0, 0.1) is 6.92 Å². The first kappa shape index (κ1) is 24.9. The van der Waals surface area contributed by atoms with Crippen LogP contribution in [0.3, 0.4) is 0 Å². The summed E-state index contributed by atoms with van der Waals surface area (Å²) >= 11 is 0. The number of amides is 1. The fourth-order valence-corrected chi connectivity index (χ4v) is 4.65. The van der Waals surface area contributed by atoms with Gasteiger partial charge in [-0.2, -0.15) is 4.98 Å². The van der Waals surface area contributed by atoms with Gasteiger partial charge in [0.1, 0.15) is 23.3 Å². The number of hydrogen-bond acceptors (Lipinski definition) is 7. The highest BCUT2D eigenvalue weighted by molar-refractivity contribution is 6.06. The van der Waals surface area contributed by atoms with Gasteiger partial charge in [0.15, 0.2) is 5.82 Å². The van der Waals surface area contributed by atoms with Gasteiger partial charge in [0.2, 0.25) is 5.95 Å². The summed E-state index contributed by atoms with van der Waals surface area (Å²) in [5.41, 5.74) is 4.37. The van der Waals surface area contributed by atoms with Crippen LogP contribution >= 0.6 is 0 Å². The summed E-state index contributed by atoms with van der Waals surface area (Å²) in [7, 11) is 4.75. The number of aryl methyl sites for hydroxylation is 1. The fraction of sp³-hybridized carbons (Fsp3) is 0.207. The molecule has 0 spiro atoms. The molecule has 5 rings (SSSR count). The molecule has 4 aromatic rings. The summed E-state index contributed by atoms with van der Waals surface area (Å²) in [4.78, 5) is 18.7. The number of nitrogens with one attached hydrogen (secondary N) is 2. The third kappa shape index (κ3) is 4.43. The number of fused-ring (bicyclic) bond motifs is 1. The summed E-state index contributed by atoms with van der Waals surface area (Å²) < 4.78 is 18.3. The number of rotatable bonds is 7. The number of methoxy groups -OCH3 is 3. The minimum absolute atomic E-state index is 0.305. The van der Waals surface area contributed by atoms with Crippen LogP contribution in [0.4, 0.5) is 11.6 Å². The van der Waals surface area contributed by atoms with E-state index in [4.69, 9.17) is 24.3 Å². The molecule has 1 aliphatic heterocycles. The van der Waals surface area contributed by atoms with Crippen molar-refractivity contribution in [2.45, 2.75) is 19.9 Å². The average molecular weight is 512 g/mol. The Hall–Kier alpha value is -4.79. The Morgan fingerprint density at radius 3 is 2.39 bits per heavy atom. The van der Waals surface area contributed by atoms with Gasteiger partial charge in [-0.1, -0.05) is 36.4 Å². The van der Waals surface area contributed by atoms with Crippen LogP contribution < -0.4 is 24.8 Å². The van der Waals surface area contributed by atoms with E-state index in [1.807, 2.05) is 62.4 Å². The fourth-order valence-electron chi connectivity index (χ4n) is 4.65. The first-order valence-corrected chi connectivity index (χ1v) is 12.1. The summed E-state index contributed by atoms with van der Waals surface area (Å²) in [5, 5.41) is 11.2. The topological polar surface area (TPSA) is 99.5 Å². The molecule has 9 heteroatoms. The molecule has 1 amide bonds. The lowest BCUT2D eigenvalue weighted by Crippen LogP contribution is -2.31. The summed E-state index contributed by atoms with van der Waals surface area (Å²) in [6, 6.07) is 20.1. The van der Waals surface area contributed by atoms with Crippen LogP contribution in [0.15, 0.2) is 78.0 Å². The molecule has 0 radical (unpaired) electrons. The third-order valence-electron chi connectivity index (χ3n) is 6.57. The van der Waals surface area contributed by atoms with Gasteiger partial charge in [-0.15, -0.1) is 5.10 Å². The number of carbonyl (C=O) groups excluding carboxylic acids is 1. The van der Waals surface area contributed by atoms with E-state index >= 15 is 0 Å². The van der Waals surface area contributed by atoms with Crippen molar-refractivity contribution in [1.82, 2.24) is 14.8 Å². The van der Waals surface area contributed by atoms with Crippen molar-refractivity contribution >= 4 is 17.5 Å². The maximum absolute atomic E-state index is 13.9. The summed E-state index contributed by atoms with van der Waals surface area (Å²) in [6.45, 7) is 3.87. The van der Waals surface area contributed by atoms with Crippen LogP contribution in [0.5, 0.6) is 17.2 Å². The van der Waals surface area contributed by atoms with Crippen molar-refractivity contribution in [3.05, 3.63) is 89.1 Å². The second kappa shape index (κ2) is 10.3. The van der Waals surface area contributed by atoms with Gasteiger partial charge >= 0.3 is 0 Å². The van der Waals surface area contributed by atoms with Gasteiger partial charge in [0, 0.05) is 22.9 Å². The van der Waals surface area contributed by atoms with E-state index in [0.717, 1.165) is 16.7 Å². The molecule has 1 aliphatic rings. The SMILES string of the molecule is COc1ccc(C2C(C(=O)Nc3ccccc3OC)=C(C)Nc3nc(-c4ccccc4C)nn32)c(OC)c1. The van der Waals surface area contributed by atoms with Gasteiger partial charge in [-0.3, -0.25) is 4.79 Å². The first-order chi connectivity index (χ1) is 18.4. The second-order valence-electron chi connectivity index (χ2n) is 8.85. The maximum Gasteiger partial charge on any atom is 0.255 e. The third-order valence-corrected chi connectivity index (χ3v) is 6.57. The van der Waals surface area contributed by atoms with Crippen molar-refractivity contribution in [3.8, 4) is 28.6 Å². The van der Waals surface area contributed by atoms with Crippen molar-refractivity contribution in [2.75, 3.05) is 32.0 Å². The highest BCUT2D eigenvalue weighted by Crippen LogP contribution is 2.42. The highest BCUT2D eigenvalue weighted by atomic mass is 16.5. The molecule has 1 atom stereocenters. The molecular formula is C29H29N5O4. The average Bonchev–Trinajstić information content (AvgIpc) is 3.35. The zero-order chi connectivity index (χ0) is 26.8. The molecular weight excluding hydrogens is 482 g/mol. The molecule has 9 nitrogen and oxygen atoms in total. The maximum atomic E-state index is 13.9. The second-order valence-corrected chi connectivity index (χ2v) is 8.85. The predicted molar refractivity (Wildman–Crippen MR) is 146 cm³/mol. The summed E-state index contributed by atoms with van der Waals surface area (Å²) in [6.07, 6.45) is 0. The molecule has 0 saturated heterocycles. The number of anilines is 2. The Morgan fingerprint density at radius 2 is 1.66 bits per heavy atom. The number of carbonyl (C=O) groups is 1. The zero-order valence-electron chi connectivity index (χ0n) is 21.9. The van der Waals surface area contributed by atoms with Gasteiger partial charge in [0.25, 0.3) is 5.91 Å². The Morgan fingerprint density at radius 1 is 0.921 bits per heavy atom. The van der Waals surface area contributed by atoms with Gasteiger partial charge in [-0.05, 0) is 43.7 Å². The van der Waals surface area contributed by atoms with Crippen LogP contribution in [0.25, 0.3) is 11.4 Å². The van der Waals surface area contributed by atoms with Crippen molar-refractivity contribution < 1.29 is 19.0 Å². The lowest BCUT2D eigenvalue weighted by atomic mass is 9.94. The molecule has 0 bridgehead atoms. The first-order valence-electron chi connectivity index (χ1n) is 12.1. The quantitative estimate of drug-likeness (QED) is 0.352. The highest BCUT2D eigenvalue weighted by Gasteiger charge is 2.36. The zero-order valence-corrected chi connectivity index (χ0v) is 21.9. The van der Waals surface area contributed by atoms with Crippen LogP contribution in [0.2, 0.25) is 0 Å². The Labute approximate surface area is 221 Å². The van der Waals surface area contributed by atoms with E-state index in [0.29, 0.717) is 46.0 Å². The van der Waals surface area contributed by atoms with Crippen molar-refractivity contribution in [3.63, 3.8) is 0 Å².